The molecule has 1 aromatic carbocycles. The van der Waals surface area contributed by atoms with Crippen molar-refractivity contribution in [2.75, 3.05) is 60.2 Å². The fourth-order valence-corrected chi connectivity index (χ4v) is 14.1. The highest BCUT2D eigenvalue weighted by atomic mass is 32.1. The maximum Gasteiger partial charge on any atom is 0.317 e. The van der Waals surface area contributed by atoms with Crippen molar-refractivity contribution in [2.45, 2.75) is 88.7 Å². The average Bonchev–Trinajstić information content (AvgIpc) is 3.80. The number of cyclic esters (lactones) is 1. The molecule has 3 saturated heterocycles. The Kier molecular flexibility index (Phi) is 10.9. The third kappa shape index (κ3) is 7.20. The summed E-state index contributed by atoms with van der Waals surface area (Å²) in [7, 11) is 4.48. The Morgan fingerprint density at radius 2 is 2.00 bits per heavy atom. The summed E-state index contributed by atoms with van der Waals surface area (Å²) in [6, 6.07) is 6.23. The van der Waals surface area contributed by atoms with E-state index in [0.717, 1.165) is 57.2 Å². The number of morpholine rings is 1. The summed E-state index contributed by atoms with van der Waals surface area (Å²) in [5.74, 6) is -0.232. The van der Waals surface area contributed by atoms with E-state index in [1.807, 2.05) is 0 Å². The predicted octanol–water partition coefficient (Wildman–Crippen LogP) is 4.94. The van der Waals surface area contributed by atoms with Crippen LogP contribution in [0.1, 0.15) is 56.8 Å². The van der Waals surface area contributed by atoms with Crippen molar-refractivity contribution in [3.63, 3.8) is 0 Å². The van der Waals surface area contributed by atoms with Crippen LogP contribution < -0.4 is 10.4 Å². The van der Waals surface area contributed by atoms with Crippen molar-refractivity contribution in [3.8, 4) is 11.3 Å². The molecule has 3 amide bonds. The van der Waals surface area contributed by atoms with Gasteiger partial charge in [0.15, 0.2) is 9.68 Å². The summed E-state index contributed by atoms with van der Waals surface area (Å²) in [6.07, 6.45) is 6.78. The average molecular weight is 854 g/mol. The van der Waals surface area contributed by atoms with Crippen LogP contribution >= 0.6 is 11.3 Å². The number of allylic oxidation sites excluding steroid dienone is 2. The summed E-state index contributed by atoms with van der Waals surface area (Å²) < 4.78 is 20.1. The molecule has 6 bridgehead atoms. The van der Waals surface area contributed by atoms with Crippen LogP contribution in [0.25, 0.3) is 27.7 Å². The van der Waals surface area contributed by atoms with Crippen molar-refractivity contribution in [1.29, 1.82) is 0 Å². The number of nitrogens with one attached hydrogen (secondary N) is 2. The molecule has 2 aromatic heterocycles. The number of amides is 3. The molecule has 16 heteroatoms. The second kappa shape index (κ2) is 15.9. The SMILES string of the molecule is CCn1c(C2=C([C@H](C)OC)N(C)CC=C2)c2c3cc(ccc31)-c1csc(n1)CC1(C(=O)N3CCC[C@H]([Si]N3)C(=O)OCC(C)(C)C2)C(NC(=O)N2CCOCC2)C2[Si]C21. The van der Waals surface area contributed by atoms with Gasteiger partial charge in [-0.15, -0.1) is 11.3 Å². The molecular weight excluding hydrogens is 799 g/mol. The van der Waals surface area contributed by atoms with Gasteiger partial charge in [-0.05, 0) is 61.9 Å². The van der Waals surface area contributed by atoms with Gasteiger partial charge in [0, 0.05) is 102 Å². The highest BCUT2D eigenvalue weighted by Gasteiger charge is 2.76. The van der Waals surface area contributed by atoms with Gasteiger partial charge in [0.2, 0.25) is 5.91 Å². The minimum atomic E-state index is -0.833. The number of esters is 1. The number of fused-ring (bicyclic) bond motifs is 9. The van der Waals surface area contributed by atoms with Gasteiger partial charge < -0.3 is 33.9 Å². The number of thiazole rings is 1. The van der Waals surface area contributed by atoms with Crippen molar-refractivity contribution < 1.29 is 28.6 Å². The van der Waals surface area contributed by atoms with Gasteiger partial charge in [-0.1, -0.05) is 32.1 Å². The number of rotatable bonds is 5. The molecule has 2 N–H and O–H groups in total. The zero-order valence-corrected chi connectivity index (χ0v) is 37.7. The first kappa shape index (κ1) is 40.6. The zero-order valence-electron chi connectivity index (χ0n) is 34.9. The number of aromatic nitrogens is 2. The van der Waals surface area contributed by atoms with E-state index in [4.69, 9.17) is 19.2 Å². The molecule has 4 unspecified atom stereocenters. The van der Waals surface area contributed by atoms with E-state index in [1.165, 1.54) is 5.56 Å². The first-order valence-corrected chi connectivity index (χ1v) is 24.2. The molecule has 9 rings (SSSR count). The Balaban J connectivity index is 1.16. The lowest BCUT2D eigenvalue weighted by atomic mass is 9.61. The Bertz CT molecular complexity index is 2220. The largest absolute Gasteiger partial charge is 0.465 e. The number of aryl methyl sites for hydroxylation is 1. The fourth-order valence-electron chi connectivity index (χ4n) is 10.0. The lowest BCUT2D eigenvalue weighted by Gasteiger charge is -2.50. The van der Waals surface area contributed by atoms with E-state index in [9.17, 15) is 9.59 Å². The van der Waals surface area contributed by atoms with Gasteiger partial charge in [-0.3, -0.25) is 19.7 Å². The van der Waals surface area contributed by atoms with E-state index in [2.05, 4.69) is 90.3 Å². The molecule has 1 spiro atoms. The van der Waals surface area contributed by atoms with E-state index < -0.39 is 10.8 Å². The van der Waals surface area contributed by atoms with Crippen LogP contribution in [-0.4, -0.2) is 134 Å². The standard InChI is InChI=1S/C43H55N7O6SSi2/c1-7-49-31-13-12-26-20-28(31)29(35(49)27-10-8-14-47(5)34(27)25(2)54-6)21-42(3,4)24-56-39(51)32-11-9-15-50(46-59-32)40(52)43(22-33-44-30(26)23-57-33)37(36-38(43)58-36)45-41(53)48-16-18-55-19-17-48/h8,10,12-13,20,23,25,32,36-38,46H,7,9,11,14-19,21-22,24H2,1-6H3,(H,45,53)/t25-,32-,36?,37?,38?,43?/m0/s1. The summed E-state index contributed by atoms with van der Waals surface area (Å²) in [5, 5.41) is 12.7. The molecule has 3 aromatic rings. The number of hydrogen-bond acceptors (Lipinski definition) is 10. The van der Waals surface area contributed by atoms with E-state index in [-0.39, 0.29) is 63.0 Å². The molecule has 59 heavy (non-hydrogen) atoms. The number of methoxy groups -OCH3 is 1. The minimum absolute atomic E-state index is 0.00283. The highest BCUT2D eigenvalue weighted by Crippen LogP contribution is 2.72. The van der Waals surface area contributed by atoms with Gasteiger partial charge in [-0.2, -0.15) is 0 Å². The number of hydrazine groups is 1. The first-order chi connectivity index (χ1) is 28.4. The molecule has 6 aliphatic rings. The number of likely N-dealkylation sites (N-methyl/N-ethyl adjacent to an activating group) is 1. The second-order valence-electron chi connectivity index (χ2n) is 17.7. The molecular formula is C43H55N7O6SSi2. The van der Waals surface area contributed by atoms with E-state index >= 15 is 4.79 Å². The Morgan fingerprint density at radius 3 is 2.78 bits per heavy atom. The van der Waals surface area contributed by atoms with Crippen LogP contribution in [-0.2, 0) is 43.2 Å². The van der Waals surface area contributed by atoms with Gasteiger partial charge in [0.25, 0.3) is 0 Å². The van der Waals surface area contributed by atoms with Crippen LogP contribution in [0.5, 0.6) is 0 Å². The Hall–Kier alpha value is -3.81. The monoisotopic (exact) mass is 853 g/mol. The molecule has 4 radical (unpaired) electrons. The number of nitrogens with zero attached hydrogens (tertiary/aromatic N) is 5. The maximum absolute atomic E-state index is 15.1. The molecule has 13 nitrogen and oxygen atoms in total. The lowest BCUT2D eigenvalue weighted by molar-refractivity contribution is -0.149. The van der Waals surface area contributed by atoms with Gasteiger partial charge >= 0.3 is 12.0 Å². The maximum atomic E-state index is 15.1. The number of benzene rings is 1. The molecule has 312 valence electrons. The zero-order chi connectivity index (χ0) is 41.2. The topological polar surface area (TPSA) is 130 Å². The number of carbonyl (C=O) groups is 3. The van der Waals surface area contributed by atoms with Crippen LogP contribution in [0.2, 0.25) is 16.6 Å². The van der Waals surface area contributed by atoms with Crippen LogP contribution in [0.4, 0.5) is 4.79 Å². The highest BCUT2D eigenvalue weighted by molar-refractivity contribution is 7.10. The number of ether oxygens (including phenoxy) is 3. The third-order valence-electron chi connectivity index (χ3n) is 13.2. The van der Waals surface area contributed by atoms with Gasteiger partial charge in [-0.25, -0.2) is 9.78 Å². The quantitative estimate of drug-likeness (QED) is 0.271. The van der Waals surface area contributed by atoms with Crippen molar-refractivity contribution in [2.24, 2.45) is 10.8 Å². The molecule has 1 aliphatic carbocycles. The molecule has 4 fully saturated rings. The van der Waals surface area contributed by atoms with Crippen molar-refractivity contribution >= 4 is 64.9 Å². The fraction of sp³-hybridized carbons (Fsp3) is 0.581. The van der Waals surface area contributed by atoms with Crippen molar-refractivity contribution in [1.82, 2.24) is 34.8 Å². The lowest BCUT2D eigenvalue weighted by Crippen LogP contribution is -2.66. The summed E-state index contributed by atoms with van der Waals surface area (Å²) in [6.45, 7) is 13.1. The van der Waals surface area contributed by atoms with Crippen molar-refractivity contribution in [3.05, 3.63) is 57.7 Å². The first-order valence-electron chi connectivity index (χ1n) is 21.1. The predicted molar refractivity (Wildman–Crippen MR) is 230 cm³/mol. The molecule has 1 saturated carbocycles. The van der Waals surface area contributed by atoms with Crippen LogP contribution in [0, 0.1) is 10.8 Å². The Morgan fingerprint density at radius 1 is 1.19 bits per heavy atom. The van der Waals surface area contributed by atoms with Gasteiger partial charge in [0.1, 0.15) is 0 Å². The van der Waals surface area contributed by atoms with E-state index in [0.29, 0.717) is 68.1 Å². The smallest absolute Gasteiger partial charge is 0.317 e. The minimum Gasteiger partial charge on any atom is -0.465 e. The van der Waals surface area contributed by atoms with Gasteiger partial charge in [0.05, 0.1) is 59.0 Å². The molecule has 7 heterocycles. The second-order valence-corrected chi connectivity index (χ2v) is 21.4. The van der Waals surface area contributed by atoms with Crippen LogP contribution in [0.15, 0.2) is 41.4 Å². The third-order valence-corrected chi connectivity index (χ3v) is 17.2. The number of carbonyl (C=O) groups excluding carboxylic acids is 3. The molecule has 5 aliphatic heterocycles. The Labute approximate surface area is 355 Å². The van der Waals surface area contributed by atoms with Crippen LogP contribution in [0.3, 0.4) is 0 Å². The summed E-state index contributed by atoms with van der Waals surface area (Å²) in [5.41, 5.74) is 6.56. The normalized spacial score (nSPS) is 28.8. The summed E-state index contributed by atoms with van der Waals surface area (Å²) >= 11 is 1.59. The number of hydrogen-bond donors (Lipinski definition) is 2. The number of urea groups is 1. The summed E-state index contributed by atoms with van der Waals surface area (Å²) in [4.78, 5) is 52.0. The van der Waals surface area contributed by atoms with E-state index in [1.54, 1.807) is 28.4 Å². The molecule has 6 atom stereocenters.